The van der Waals surface area contributed by atoms with Crippen molar-refractivity contribution in [3.05, 3.63) is 36.5 Å². The number of pyridine rings is 1. The summed E-state index contributed by atoms with van der Waals surface area (Å²) in [4.78, 5) is 9.14. The molecule has 2 aromatic heterocycles. The average Bonchev–Trinajstić information content (AvgIpc) is 2.71. The van der Waals surface area contributed by atoms with Crippen molar-refractivity contribution >= 4 is 11.8 Å². The monoisotopic (exact) mass is 207 g/mol. The second-order valence-electron chi connectivity index (χ2n) is 2.59. The van der Waals surface area contributed by atoms with E-state index in [-0.39, 0.29) is 0 Å². The number of hydrogen-bond acceptors (Lipinski definition) is 5. The van der Waals surface area contributed by atoms with Gasteiger partial charge in [0.15, 0.2) is 0 Å². The Morgan fingerprint density at radius 2 is 2.29 bits per heavy atom. The summed E-state index contributed by atoms with van der Waals surface area (Å²) in [5.74, 6) is 0. The van der Waals surface area contributed by atoms with Gasteiger partial charge in [-0.05, 0) is 23.9 Å². The van der Waals surface area contributed by atoms with E-state index in [4.69, 9.17) is 10.2 Å². The fourth-order valence-electron chi connectivity index (χ4n) is 0.993. The van der Waals surface area contributed by atoms with E-state index in [1.807, 2.05) is 12.1 Å². The lowest BCUT2D eigenvalue weighted by Crippen LogP contribution is -1.98. The quantitative estimate of drug-likeness (QED) is 0.829. The summed E-state index contributed by atoms with van der Waals surface area (Å²) in [6, 6.07) is 3.82. The lowest BCUT2D eigenvalue weighted by molar-refractivity contribution is 0.454. The summed E-state index contributed by atoms with van der Waals surface area (Å²) in [6.45, 7) is 0.444. The molecular formula is C9H9N3OS. The van der Waals surface area contributed by atoms with Crippen LogP contribution in [0.5, 0.6) is 0 Å². The number of hydrogen-bond donors (Lipinski definition) is 1. The summed E-state index contributed by atoms with van der Waals surface area (Å²) < 4.78 is 5.11. The van der Waals surface area contributed by atoms with E-state index in [0.29, 0.717) is 11.8 Å². The molecule has 0 amide bonds. The van der Waals surface area contributed by atoms with Crippen molar-refractivity contribution in [2.24, 2.45) is 5.73 Å². The predicted octanol–water partition coefficient (Wildman–Crippen LogP) is 1.68. The second-order valence-corrected chi connectivity index (χ2v) is 3.61. The van der Waals surface area contributed by atoms with Gasteiger partial charge in [-0.2, -0.15) is 0 Å². The Morgan fingerprint density at radius 3 is 3.00 bits per heavy atom. The minimum absolute atomic E-state index is 0.444. The fourth-order valence-corrected chi connectivity index (χ4v) is 1.74. The number of oxazole rings is 1. The molecule has 0 saturated heterocycles. The SMILES string of the molecule is NCc1cc(Sc2ncco2)ccn1. The smallest absolute Gasteiger partial charge is 0.260 e. The van der Waals surface area contributed by atoms with Gasteiger partial charge in [0.2, 0.25) is 0 Å². The molecule has 0 radical (unpaired) electrons. The van der Waals surface area contributed by atoms with Crippen LogP contribution in [0.1, 0.15) is 5.69 Å². The van der Waals surface area contributed by atoms with Gasteiger partial charge in [0.25, 0.3) is 5.22 Å². The standard InChI is InChI=1S/C9H9N3OS/c10-6-7-5-8(1-2-11-7)14-9-12-3-4-13-9/h1-5H,6,10H2. The minimum Gasteiger partial charge on any atom is -0.440 e. The highest BCUT2D eigenvalue weighted by Gasteiger charge is 2.01. The summed E-state index contributed by atoms with van der Waals surface area (Å²) in [7, 11) is 0. The normalized spacial score (nSPS) is 10.4. The Labute approximate surface area is 85.6 Å². The van der Waals surface area contributed by atoms with Crippen LogP contribution in [0.15, 0.2) is 45.3 Å². The molecule has 4 nitrogen and oxygen atoms in total. The van der Waals surface area contributed by atoms with Gasteiger partial charge < -0.3 is 10.2 Å². The molecule has 0 unspecified atom stereocenters. The first-order valence-corrected chi connectivity index (χ1v) is 4.92. The zero-order chi connectivity index (χ0) is 9.80. The molecule has 0 fully saturated rings. The minimum atomic E-state index is 0.444. The maximum Gasteiger partial charge on any atom is 0.260 e. The van der Waals surface area contributed by atoms with Crippen LogP contribution < -0.4 is 5.73 Å². The van der Waals surface area contributed by atoms with Gasteiger partial charge in [0, 0.05) is 17.6 Å². The first-order valence-electron chi connectivity index (χ1n) is 4.11. The van der Waals surface area contributed by atoms with Gasteiger partial charge in [-0.15, -0.1) is 0 Å². The van der Waals surface area contributed by atoms with Crippen LogP contribution in [0.2, 0.25) is 0 Å². The Balaban J connectivity index is 2.17. The third kappa shape index (κ3) is 2.12. The highest BCUT2D eigenvalue weighted by Crippen LogP contribution is 2.25. The molecule has 2 rings (SSSR count). The molecule has 0 spiro atoms. The van der Waals surface area contributed by atoms with Gasteiger partial charge in [-0.3, -0.25) is 4.98 Å². The molecule has 2 heterocycles. The highest BCUT2D eigenvalue weighted by molar-refractivity contribution is 7.99. The van der Waals surface area contributed by atoms with Crippen molar-refractivity contribution in [2.75, 3.05) is 0 Å². The molecule has 72 valence electrons. The third-order valence-electron chi connectivity index (χ3n) is 1.61. The van der Waals surface area contributed by atoms with Gasteiger partial charge in [0.1, 0.15) is 6.26 Å². The highest BCUT2D eigenvalue weighted by atomic mass is 32.2. The maximum atomic E-state index is 5.48. The van der Waals surface area contributed by atoms with E-state index in [1.54, 1.807) is 18.7 Å². The van der Waals surface area contributed by atoms with Crippen molar-refractivity contribution in [2.45, 2.75) is 16.7 Å². The molecule has 2 aromatic rings. The zero-order valence-electron chi connectivity index (χ0n) is 7.38. The molecule has 0 aliphatic rings. The van der Waals surface area contributed by atoms with Gasteiger partial charge in [0.05, 0.1) is 11.9 Å². The van der Waals surface area contributed by atoms with Crippen molar-refractivity contribution in [3.8, 4) is 0 Å². The van der Waals surface area contributed by atoms with E-state index in [1.165, 1.54) is 11.8 Å². The average molecular weight is 207 g/mol. The number of aromatic nitrogens is 2. The van der Waals surface area contributed by atoms with Crippen molar-refractivity contribution < 1.29 is 4.42 Å². The number of rotatable bonds is 3. The van der Waals surface area contributed by atoms with Crippen molar-refractivity contribution in [1.82, 2.24) is 9.97 Å². The molecule has 0 atom stereocenters. The van der Waals surface area contributed by atoms with E-state index in [2.05, 4.69) is 9.97 Å². The second kappa shape index (κ2) is 4.26. The largest absolute Gasteiger partial charge is 0.440 e. The number of nitrogens with zero attached hydrogens (tertiary/aromatic N) is 2. The van der Waals surface area contributed by atoms with Crippen LogP contribution in [0, 0.1) is 0 Å². The summed E-state index contributed by atoms with van der Waals surface area (Å²) >= 11 is 1.45. The van der Waals surface area contributed by atoms with Crippen LogP contribution in [-0.4, -0.2) is 9.97 Å². The third-order valence-corrected chi connectivity index (χ3v) is 2.48. The fraction of sp³-hybridized carbons (Fsp3) is 0.111. The van der Waals surface area contributed by atoms with Crippen LogP contribution >= 0.6 is 11.8 Å². The molecule has 14 heavy (non-hydrogen) atoms. The van der Waals surface area contributed by atoms with Crippen molar-refractivity contribution in [3.63, 3.8) is 0 Å². The van der Waals surface area contributed by atoms with Crippen molar-refractivity contribution in [1.29, 1.82) is 0 Å². The predicted molar refractivity (Wildman–Crippen MR) is 52.8 cm³/mol. The Kier molecular flexibility index (Phi) is 2.81. The molecule has 5 heteroatoms. The van der Waals surface area contributed by atoms with Crippen LogP contribution in [0.4, 0.5) is 0 Å². The summed E-state index contributed by atoms with van der Waals surface area (Å²) in [5, 5.41) is 0.624. The lowest BCUT2D eigenvalue weighted by atomic mass is 10.3. The van der Waals surface area contributed by atoms with E-state index < -0.39 is 0 Å². The molecular weight excluding hydrogens is 198 g/mol. The zero-order valence-corrected chi connectivity index (χ0v) is 8.20. The van der Waals surface area contributed by atoms with Crippen LogP contribution in [-0.2, 0) is 6.54 Å². The van der Waals surface area contributed by atoms with E-state index in [0.717, 1.165) is 10.6 Å². The summed E-state index contributed by atoms with van der Waals surface area (Å²) in [6.07, 6.45) is 4.90. The summed E-state index contributed by atoms with van der Waals surface area (Å²) in [5.41, 5.74) is 6.34. The van der Waals surface area contributed by atoms with E-state index in [9.17, 15) is 0 Å². The maximum absolute atomic E-state index is 5.48. The topological polar surface area (TPSA) is 64.9 Å². The number of nitrogens with two attached hydrogens (primary N) is 1. The van der Waals surface area contributed by atoms with Gasteiger partial charge in [-0.1, -0.05) is 0 Å². The van der Waals surface area contributed by atoms with Gasteiger partial charge >= 0.3 is 0 Å². The first kappa shape index (κ1) is 9.23. The van der Waals surface area contributed by atoms with Crippen LogP contribution in [0.3, 0.4) is 0 Å². The van der Waals surface area contributed by atoms with Gasteiger partial charge in [-0.25, -0.2) is 4.98 Å². The van der Waals surface area contributed by atoms with Crippen LogP contribution in [0.25, 0.3) is 0 Å². The Morgan fingerprint density at radius 1 is 1.36 bits per heavy atom. The molecule has 0 aliphatic heterocycles. The molecule has 2 N–H and O–H groups in total. The Bertz CT molecular complexity index is 402. The Hall–Kier alpha value is -1.33. The molecule has 0 bridgehead atoms. The first-order chi connectivity index (χ1) is 6.88. The lowest BCUT2D eigenvalue weighted by Gasteiger charge is -1.98. The molecule has 0 aromatic carbocycles. The van der Waals surface area contributed by atoms with E-state index >= 15 is 0 Å². The molecule has 0 aliphatic carbocycles. The molecule has 0 saturated carbocycles.